The molecule has 0 bridgehead atoms. The number of amides is 1. The summed E-state index contributed by atoms with van der Waals surface area (Å²) in [5.74, 6) is 0.957. The fraction of sp³-hybridized carbons (Fsp3) is 0.0833. The lowest BCUT2D eigenvalue weighted by atomic mass is 10.2. The molecule has 0 unspecified atom stereocenters. The molecule has 31 heavy (non-hydrogen) atoms. The monoisotopic (exact) mass is 450 g/mol. The van der Waals surface area contributed by atoms with Crippen LogP contribution in [-0.2, 0) is 6.61 Å². The third-order valence-electron chi connectivity index (χ3n) is 4.47. The number of nitrogens with one attached hydrogen (secondary N) is 1. The quantitative estimate of drug-likeness (QED) is 0.358. The topological polar surface area (TPSA) is 60.5 Å². The molecule has 0 saturated heterocycles. The number of hydrogen-bond acceptors (Lipinski definition) is 5. The molecule has 0 atom stereocenters. The van der Waals surface area contributed by atoms with Crippen molar-refractivity contribution in [1.82, 2.24) is 4.98 Å². The standard InChI is InChI=1S/C24H19ClN2O3S/c1-29-22-12-17(10-11-21(22)30-14-16-6-3-2-4-7-16)24-27-20(15-31-24)23(28)26-19-9-5-8-18(25)13-19/h2-13,15H,14H2,1H3,(H,26,28). The largest absolute Gasteiger partial charge is 0.493 e. The number of carbonyl (C=O) groups excluding carboxylic acids is 1. The Morgan fingerprint density at radius 2 is 1.87 bits per heavy atom. The molecule has 0 saturated carbocycles. The smallest absolute Gasteiger partial charge is 0.275 e. The van der Waals surface area contributed by atoms with Gasteiger partial charge in [-0.3, -0.25) is 4.79 Å². The van der Waals surface area contributed by atoms with Crippen molar-refractivity contribution < 1.29 is 14.3 Å². The number of methoxy groups -OCH3 is 1. The Balaban J connectivity index is 1.48. The first-order valence-corrected chi connectivity index (χ1v) is 10.8. The van der Waals surface area contributed by atoms with Crippen molar-refractivity contribution >= 4 is 34.5 Å². The average molecular weight is 451 g/mol. The van der Waals surface area contributed by atoms with Crippen LogP contribution in [0.25, 0.3) is 10.6 Å². The maximum atomic E-state index is 12.5. The summed E-state index contributed by atoms with van der Waals surface area (Å²) >= 11 is 7.36. The SMILES string of the molecule is COc1cc(-c2nc(C(=O)Nc3cccc(Cl)c3)cs2)ccc1OCc1ccccc1. The summed E-state index contributed by atoms with van der Waals surface area (Å²) in [5, 5.41) is 5.79. The van der Waals surface area contributed by atoms with E-state index in [-0.39, 0.29) is 5.91 Å². The van der Waals surface area contributed by atoms with Gasteiger partial charge in [0.1, 0.15) is 17.3 Å². The second kappa shape index (κ2) is 9.64. The maximum absolute atomic E-state index is 12.5. The van der Waals surface area contributed by atoms with Crippen molar-refractivity contribution in [2.75, 3.05) is 12.4 Å². The molecule has 1 aromatic heterocycles. The van der Waals surface area contributed by atoms with Crippen molar-refractivity contribution in [3.8, 4) is 22.1 Å². The lowest BCUT2D eigenvalue weighted by molar-refractivity contribution is 0.102. The van der Waals surface area contributed by atoms with Crippen LogP contribution in [0.3, 0.4) is 0 Å². The van der Waals surface area contributed by atoms with Gasteiger partial charge in [0.25, 0.3) is 5.91 Å². The summed E-state index contributed by atoms with van der Waals surface area (Å²) in [4.78, 5) is 17.0. The van der Waals surface area contributed by atoms with E-state index in [0.29, 0.717) is 39.5 Å². The molecule has 0 fully saturated rings. The fourth-order valence-corrected chi connectivity index (χ4v) is 3.91. The number of aromatic nitrogens is 1. The van der Waals surface area contributed by atoms with E-state index in [2.05, 4.69) is 10.3 Å². The van der Waals surface area contributed by atoms with Crippen LogP contribution in [0.5, 0.6) is 11.5 Å². The number of rotatable bonds is 7. The molecule has 0 aliphatic heterocycles. The van der Waals surface area contributed by atoms with Crippen molar-refractivity contribution in [2.24, 2.45) is 0 Å². The number of ether oxygens (including phenoxy) is 2. The molecule has 5 nitrogen and oxygen atoms in total. The summed E-state index contributed by atoms with van der Waals surface area (Å²) in [6.07, 6.45) is 0. The molecule has 1 amide bonds. The normalized spacial score (nSPS) is 10.5. The summed E-state index contributed by atoms with van der Waals surface area (Å²) < 4.78 is 11.4. The Morgan fingerprint density at radius 3 is 2.65 bits per heavy atom. The van der Waals surface area contributed by atoms with Gasteiger partial charge in [-0.2, -0.15) is 0 Å². The van der Waals surface area contributed by atoms with E-state index in [0.717, 1.165) is 11.1 Å². The van der Waals surface area contributed by atoms with Gasteiger partial charge in [0, 0.05) is 21.7 Å². The Labute approximate surface area is 189 Å². The zero-order valence-electron chi connectivity index (χ0n) is 16.7. The van der Waals surface area contributed by atoms with Crippen LogP contribution >= 0.6 is 22.9 Å². The molecule has 0 spiro atoms. The molecule has 0 radical (unpaired) electrons. The number of benzene rings is 3. The number of hydrogen-bond donors (Lipinski definition) is 1. The first-order chi connectivity index (χ1) is 15.1. The van der Waals surface area contributed by atoms with E-state index in [1.165, 1.54) is 11.3 Å². The number of halogens is 1. The van der Waals surface area contributed by atoms with Crippen molar-refractivity contribution in [3.05, 3.63) is 94.5 Å². The summed E-state index contributed by atoms with van der Waals surface area (Å²) in [7, 11) is 1.60. The predicted octanol–water partition coefficient (Wildman–Crippen LogP) is 6.30. The second-order valence-electron chi connectivity index (χ2n) is 6.64. The van der Waals surface area contributed by atoms with E-state index < -0.39 is 0 Å². The molecule has 7 heteroatoms. The lowest BCUT2D eigenvalue weighted by Crippen LogP contribution is -2.12. The third kappa shape index (κ3) is 5.23. The van der Waals surface area contributed by atoms with Gasteiger partial charge in [0.2, 0.25) is 0 Å². The average Bonchev–Trinajstić information content (AvgIpc) is 3.29. The van der Waals surface area contributed by atoms with Gasteiger partial charge in [-0.1, -0.05) is 48.0 Å². The maximum Gasteiger partial charge on any atom is 0.275 e. The van der Waals surface area contributed by atoms with Gasteiger partial charge in [-0.15, -0.1) is 11.3 Å². The van der Waals surface area contributed by atoms with E-state index in [1.807, 2.05) is 48.5 Å². The number of carbonyl (C=O) groups is 1. The zero-order valence-corrected chi connectivity index (χ0v) is 18.2. The summed E-state index contributed by atoms with van der Waals surface area (Å²) in [6.45, 7) is 0.446. The van der Waals surface area contributed by atoms with Crippen LogP contribution in [0.1, 0.15) is 16.1 Å². The van der Waals surface area contributed by atoms with E-state index >= 15 is 0 Å². The number of anilines is 1. The first kappa shape index (κ1) is 20.9. The van der Waals surface area contributed by atoms with Gasteiger partial charge in [0.05, 0.1) is 7.11 Å². The van der Waals surface area contributed by atoms with Gasteiger partial charge in [-0.05, 0) is 42.0 Å². The predicted molar refractivity (Wildman–Crippen MR) is 124 cm³/mol. The van der Waals surface area contributed by atoms with E-state index in [9.17, 15) is 4.79 Å². The van der Waals surface area contributed by atoms with Crippen molar-refractivity contribution in [2.45, 2.75) is 6.61 Å². The highest BCUT2D eigenvalue weighted by atomic mass is 35.5. The summed E-state index contributed by atoms with van der Waals surface area (Å²) in [5.41, 5.74) is 2.87. The Bertz CT molecular complexity index is 1190. The van der Waals surface area contributed by atoms with Crippen LogP contribution in [0.2, 0.25) is 5.02 Å². The van der Waals surface area contributed by atoms with Crippen molar-refractivity contribution in [1.29, 1.82) is 0 Å². The van der Waals surface area contributed by atoms with Gasteiger partial charge in [0.15, 0.2) is 11.5 Å². The minimum absolute atomic E-state index is 0.292. The highest BCUT2D eigenvalue weighted by Gasteiger charge is 2.14. The van der Waals surface area contributed by atoms with Crippen LogP contribution in [0, 0.1) is 0 Å². The molecule has 0 aliphatic rings. The Morgan fingerprint density at radius 1 is 1.03 bits per heavy atom. The van der Waals surface area contributed by atoms with Crippen LogP contribution in [0.15, 0.2) is 78.2 Å². The Kier molecular flexibility index (Phi) is 6.50. The fourth-order valence-electron chi connectivity index (χ4n) is 2.93. The van der Waals surface area contributed by atoms with E-state index in [4.69, 9.17) is 21.1 Å². The van der Waals surface area contributed by atoms with Gasteiger partial charge < -0.3 is 14.8 Å². The van der Waals surface area contributed by atoms with Crippen LogP contribution in [0.4, 0.5) is 5.69 Å². The third-order valence-corrected chi connectivity index (χ3v) is 5.59. The molecule has 4 rings (SSSR count). The zero-order chi connectivity index (χ0) is 21.6. The molecule has 156 valence electrons. The lowest BCUT2D eigenvalue weighted by Gasteiger charge is -2.11. The van der Waals surface area contributed by atoms with Crippen molar-refractivity contribution in [3.63, 3.8) is 0 Å². The highest BCUT2D eigenvalue weighted by Crippen LogP contribution is 2.34. The minimum atomic E-state index is -0.292. The molecule has 1 N–H and O–H groups in total. The number of nitrogens with zero attached hydrogens (tertiary/aromatic N) is 1. The second-order valence-corrected chi connectivity index (χ2v) is 7.94. The minimum Gasteiger partial charge on any atom is -0.493 e. The van der Waals surface area contributed by atoms with Gasteiger partial charge in [-0.25, -0.2) is 4.98 Å². The number of thiazole rings is 1. The molecular formula is C24H19ClN2O3S. The van der Waals surface area contributed by atoms with Crippen LogP contribution < -0.4 is 14.8 Å². The molecule has 4 aromatic rings. The highest BCUT2D eigenvalue weighted by molar-refractivity contribution is 7.13. The van der Waals surface area contributed by atoms with E-state index in [1.54, 1.807) is 36.8 Å². The van der Waals surface area contributed by atoms with Crippen LogP contribution in [-0.4, -0.2) is 18.0 Å². The van der Waals surface area contributed by atoms with Gasteiger partial charge >= 0.3 is 0 Å². The summed E-state index contributed by atoms with van der Waals surface area (Å²) in [6, 6.07) is 22.5. The first-order valence-electron chi connectivity index (χ1n) is 9.50. The molecule has 0 aliphatic carbocycles. The molecule has 3 aromatic carbocycles. The Hall–Kier alpha value is -3.35. The molecular weight excluding hydrogens is 432 g/mol. The molecule has 1 heterocycles.